The third kappa shape index (κ3) is 2.42. The first-order chi connectivity index (χ1) is 7.07. The maximum Gasteiger partial charge on any atom is 0.335 e. The summed E-state index contributed by atoms with van der Waals surface area (Å²) in [4.78, 5) is 21.3. The highest BCUT2D eigenvalue weighted by atomic mass is 32.1. The molecule has 0 bridgehead atoms. The number of hydrogen-bond acceptors (Lipinski definition) is 5. The van der Waals surface area contributed by atoms with Gasteiger partial charge >= 0.3 is 5.97 Å². The first-order valence-corrected chi connectivity index (χ1v) is 4.81. The van der Waals surface area contributed by atoms with E-state index < -0.39 is 23.7 Å². The van der Waals surface area contributed by atoms with Gasteiger partial charge in [-0.1, -0.05) is 5.01 Å². The first kappa shape index (κ1) is 11.4. The van der Waals surface area contributed by atoms with E-state index >= 15 is 0 Å². The molecule has 0 aliphatic heterocycles. The maximum atomic E-state index is 10.7. The van der Waals surface area contributed by atoms with Gasteiger partial charge in [-0.15, -0.1) is 11.3 Å². The van der Waals surface area contributed by atoms with Crippen molar-refractivity contribution in [3.8, 4) is 0 Å². The zero-order chi connectivity index (χ0) is 11.4. The zero-order valence-corrected chi connectivity index (χ0v) is 8.25. The van der Waals surface area contributed by atoms with Crippen LogP contribution in [0.25, 0.3) is 0 Å². The molecule has 0 unspecified atom stereocenters. The quantitative estimate of drug-likeness (QED) is 0.554. The number of carboxylic acid groups (broad SMARTS) is 1. The van der Waals surface area contributed by atoms with E-state index in [0.29, 0.717) is 5.01 Å². The minimum atomic E-state index is -1.57. The second kappa shape index (κ2) is 4.71. The molecule has 15 heavy (non-hydrogen) atoms. The Hall–Kier alpha value is -1.67. The third-order valence-corrected chi connectivity index (χ3v) is 2.37. The highest BCUT2D eigenvalue weighted by Gasteiger charge is 2.34. The number of aliphatic hydroxyl groups excluding tert-OH is 1. The summed E-state index contributed by atoms with van der Waals surface area (Å²) in [5.41, 5.74) is 0.145. The Morgan fingerprint density at radius 2 is 2.40 bits per heavy atom. The molecule has 0 aliphatic rings. The number of carbonyl (C=O) groups is 1. The summed E-state index contributed by atoms with van der Waals surface area (Å²) >= 11 is 1.20. The van der Waals surface area contributed by atoms with Crippen LogP contribution in [0.4, 0.5) is 5.69 Å². The zero-order valence-electron chi connectivity index (χ0n) is 7.44. The molecule has 8 heteroatoms. The lowest BCUT2D eigenvalue weighted by molar-refractivity contribution is -0.499. The van der Waals surface area contributed by atoms with Crippen LogP contribution in [-0.4, -0.2) is 33.9 Å². The molecule has 1 atom stereocenters. The van der Waals surface area contributed by atoms with Gasteiger partial charge in [0.15, 0.2) is 5.03 Å². The number of aliphatic carboxylic acids is 1. The predicted molar refractivity (Wildman–Crippen MR) is 52.3 cm³/mol. The summed E-state index contributed by atoms with van der Waals surface area (Å²) in [6.45, 7) is -0.827. The molecule has 1 heterocycles. The monoisotopic (exact) mass is 232 g/mol. The summed E-state index contributed by atoms with van der Waals surface area (Å²) in [5.74, 6) is -1.44. The van der Waals surface area contributed by atoms with Gasteiger partial charge in [0.2, 0.25) is 6.04 Å². The standard InChI is InChI=1S/C7H8N2O5S/c10-3-6(7(11)12)8(9(13)14)5-1-2-15-4-5/h1-2,4,6,10H,3H2,(H,11,12)/t6-/m0/s1. The van der Waals surface area contributed by atoms with Crippen LogP contribution in [0.2, 0.25) is 0 Å². The Morgan fingerprint density at radius 1 is 1.73 bits per heavy atom. The summed E-state index contributed by atoms with van der Waals surface area (Å²) in [5, 5.41) is 30.7. The second-order valence-electron chi connectivity index (χ2n) is 2.60. The lowest BCUT2D eigenvalue weighted by Crippen LogP contribution is -2.47. The number of nitro groups is 1. The maximum absolute atomic E-state index is 10.7. The van der Waals surface area contributed by atoms with Crippen molar-refractivity contribution >= 4 is 23.0 Å². The van der Waals surface area contributed by atoms with Crippen molar-refractivity contribution in [1.29, 1.82) is 0 Å². The Morgan fingerprint density at radius 3 is 2.73 bits per heavy atom. The van der Waals surface area contributed by atoms with E-state index in [1.165, 1.54) is 22.8 Å². The van der Waals surface area contributed by atoms with Crippen LogP contribution in [0.15, 0.2) is 16.8 Å². The van der Waals surface area contributed by atoms with E-state index in [1.54, 1.807) is 5.38 Å². The fourth-order valence-electron chi connectivity index (χ4n) is 1.04. The van der Waals surface area contributed by atoms with Crippen molar-refractivity contribution in [2.75, 3.05) is 11.6 Å². The Kier molecular flexibility index (Phi) is 3.58. The van der Waals surface area contributed by atoms with E-state index in [9.17, 15) is 14.9 Å². The van der Waals surface area contributed by atoms with E-state index in [2.05, 4.69) is 0 Å². The van der Waals surface area contributed by atoms with Gasteiger partial charge in [-0.3, -0.25) is 0 Å². The molecule has 1 aromatic rings. The molecule has 1 rings (SSSR count). The number of rotatable bonds is 5. The first-order valence-electron chi connectivity index (χ1n) is 3.87. The van der Waals surface area contributed by atoms with Gasteiger partial charge in [-0.2, -0.15) is 0 Å². The Balaban J connectivity index is 3.02. The topological polar surface area (TPSA) is 104 Å². The molecule has 0 fully saturated rings. The molecule has 0 saturated heterocycles. The fourth-order valence-corrected chi connectivity index (χ4v) is 1.66. The molecule has 0 spiro atoms. The van der Waals surface area contributed by atoms with Crippen LogP contribution in [0.1, 0.15) is 0 Å². The number of carboxylic acids is 1. The minimum Gasteiger partial charge on any atom is -0.479 e. The molecule has 82 valence electrons. The molecular formula is C7H8N2O5S. The summed E-state index contributed by atoms with van der Waals surface area (Å²) in [6.07, 6.45) is 0. The van der Waals surface area contributed by atoms with E-state index in [-0.39, 0.29) is 5.69 Å². The summed E-state index contributed by atoms with van der Waals surface area (Å²) < 4.78 is 0. The van der Waals surface area contributed by atoms with E-state index in [4.69, 9.17) is 10.2 Å². The van der Waals surface area contributed by atoms with Gasteiger partial charge in [0, 0.05) is 5.38 Å². The van der Waals surface area contributed by atoms with Gasteiger partial charge in [-0.25, -0.2) is 14.9 Å². The van der Waals surface area contributed by atoms with Gasteiger partial charge in [0.25, 0.3) is 0 Å². The number of nitrogens with zero attached hydrogens (tertiary/aromatic N) is 2. The van der Waals surface area contributed by atoms with Crippen molar-refractivity contribution in [2.45, 2.75) is 6.04 Å². The lowest BCUT2D eigenvalue weighted by atomic mass is 10.3. The van der Waals surface area contributed by atoms with Crippen LogP contribution in [0, 0.1) is 10.1 Å². The van der Waals surface area contributed by atoms with Crippen molar-refractivity contribution < 1.29 is 20.0 Å². The third-order valence-electron chi connectivity index (χ3n) is 1.70. The molecule has 7 nitrogen and oxygen atoms in total. The molecule has 0 aromatic carbocycles. The van der Waals surface area contributed by atoms with Gasteiger partial charge < -0.3 is 10.2 Å². The van der Waals surface area contributed by atoms with Crippen molar-refractivity contribution in [1.82, 2.24) is 0 Å². The molecule has 0 aliphatic carbocycles. The van der Waals surface area contributed by atoms with Gasteiger partial charge in [0.05, 0.1) is 6.61 Å². The minimum absolute atomic E-state index is 0.145. The van der Waals surface area contributed by atoms with E-state index in [0.717, 1.165) is 0 Å². The second-order valence-corrected chi connectivity index (χ2v) is 3.38. The Labute approximate surface area is 88.3 Å². The normalized spacial score (nSPS) is 12.1. The van der Waals surface area contributed by atoms with Crippen molar-refractivity contribution in [3.63, 3.8) is 0 Å². The highest BCUT2D eigenvalue weighted by Crippen LogP contribution is 2.20. The van der Waals surface area contributed by atoms with Crippen LogP contribution in [0.3, 0.4) is 0 Å². The SMILES string of the molecule is O=C(O)[C@H](CO)N(c1ccsc1)[N+](=O)[O-]. The average molecular weight is 232 g/mol. The highest BCUT2D eigenvalue weighted by molar-refractivity contribution is 7.08. The molecular weight excluding hydrogens is 224 g/mol. The van der Waals surface area contributed by atoms with Crippen LogP contribution >= 0.6 is 11.3 Å². The average Bonchev–Trinajstić information content (AvgIpc) is 2.64. The Bertz CT molecular complexity index is 352. The molecule has 1 aromatic heterocycles. The number of aliphatic hydroxyl groups is 1. The molecule has 0 radical (unpaired) electrons. The molecule has 0 amide bonds. The predicted octanol–water partition coefficient (Wildman–Crippen LogP) is 0.192. The summed E-state index contributed by atoms with van der Waals surface area (Å²) in [7, 11) is 0. The number of anilines is 1. The smallest absolute Gasteiger partial charge is 0.335 e. The van der Waals surface area contributed by atoms with Crippen LogP contribution < -0.4 is 5.01 Å². The molecule has 0 saturated carbocycles. The summed E-state index contributed by atoms with van der Waals surface area (Å²) in [6, 6.07) is -0.159. The van der Waals surface area contributed by atoms with Crippen molar-refractivity contribution in [3.05, 3.63) is 26.9 Å². The van der Waals surface area contributed by atoms with Gasteiger partial charge in [0.1, 0.15) is 5.69 Å². The fraction of sp³-hybridized carbons (Fsp3) is 0.286. The lowest BCUT2D eigenvalue weighted by Gasteiger charge is -2.17. The number of hydrazine groups is 1. The number of thiophene rings is 1. The largest absolute Gasteiger partial charge is 0.479 e. The van der Waals surface area contributed by atoms with Crippen molar-refractivity contribution in [2.24, 2.45) is 0 Å². The van der Waals surface area contributed by atoms with Crippen LogP contribution in [-0.2, 0) is 4.79 Å². The number of hydrogen-bond donors (Lipinski definition) is 2. The van der Waals surface area contributed by atoms with Crippen LogP contribution in [0.5, 0.6) is 0 Å². The van der Waals surface area contributed by atoms with Gasteiger partial charge in [-0.05, 0) is 11.4 Å². The molecule has 2 N–H and O–H groups in total. The van der Waals surface area contributed by atoms with E-state index in [1.807, 2.05) is 0 Å².